The van der Waals surface area contributed by atoms with Gasteiger partial charge >= 0.3 is 0 Å². The van der Waals surface area contributed by atoms with E-state index in [2.05, 4.69) is 5.32 Å². The van der Waals surface area contributed by atoms with E-state index in [1.807, 2.05) is 70.2 Å². The van der Waals surface area contributed by atoms with Crippen molar-refractivity contribution in [3.05, 3.63) is 64.7 Å². The maximum Gasteiger partial charge on any atom is 0.261 e. The lowest BCUT2D eigenvalue weighted by atomic mass is 10.1. The van der Waals surface area contributed by atoms with Gasteiger partial charge in [-0.1, -0.05) is 43.3 Å². The van der Waals surface area contributed by atoms with Gasteiger partial charge in [-0.05, 0) is 62.4 Å². The summed E-state index contributed by atoms with van der Waals surface area (Å²) >= 11 is 0. The number of hydrogen-bond acceptors (Lipinski definition) is 3. The lowest BCUT2D eigenvalue weighted by molar-refractivity contribution is -0.142. The van der Waals surface area contributed by atoms with E-state index in [9.17, 15) is 9.59 Å². The third kappa shape index (κ3) is 6.08. The number of carbonyl (C=O) groups excluding carboxylic acids is 2. The molecule has 5 nitrogen and oxygen atoms in total. The summed E-state index contributed by atoms with van der Waals surface area (Å²) in [5.41, 5.74) is 4.23. The fourth-order valence-electron chi connectivity index (χ4n) is 3.05. The van der Waals surface area contributed by atoms with Crippen LogP contribution in [0.4, 0.5) is 0 Å². The molecule has 0 radical (unpaired) electrons. The number of nitrogens with one attached hydrogen (secondary N) is 1. The molecule has 2 aromatic rings. The molecule has 1 atom stereocenters. The van der Waals surface area contributed by atoms with E-state index < -0.39 is 6.04 Å². The van der Waals surface area contributed by atoms with Crippen LogP contribution in [0.3, 0.4) is 0 Å². The monoisotopic (exact) mass is 396 g/mol. The molecule has 0 aromatic heterocycles. The molecular weight excluding hydrogens is 364 g/mol. The van der Waals surface area contributed by atoms with Crippen LogP contribution in [-0.2, 0) is 16.1 Å². The number of amides is 2. The molecule has 0 spiro atoms. The van der Waals surface area contributed by atoms with Crippen LogP contribution < -0.4 is 10.1 Å². The van der Waals surface area contributed by atoms with Gasteiger partial charge in [0.2, 0.25) is 5.91 Å². The summed E-state index contributed by atoms with van der Waals surface area (Å²) in [7, 11) is 0. The van der Waals surface area contributed by atoms with E-state index in [0.29, 0.717) is 18.8 Å². The standard InChI is InChI=1S/C24H32N2O3/c1-6-14-25-24(28)20(5)26(15-21-12-8-7-10-18(21)3)23(27)16-29-22-13-9-11-17(2)19(22)4/h7-13,20H,6,14-16H2,1-5H3,(H,25,28). The summed E-state index contributed by atoms with van der Waals surface area (Å²) in [5, 5.41) is 2.88. The van der Waals surface area contributed by atoms with E-state index in [0.717, 1.165) is 28.7 Å². The van der Waals surface area contributed by atoms with Crippen molar-refractivity contribution in [1.82, 2.24) is 10.2 Å². The number of carbonyl (C=O) groups is 2. The van der Waals surface area contributed by atoms with Gasteiger partial charge in [0.1, 0.15) is 11.8 Å². The molecule has 2 aromatic carbocycles. The minimum atomic E-state index is -0.587. The minimum Gasteiger partial charge on any atom is -0.483 e. The fourth-order valence-corrected chi connectivity index (χ4v) is 3.05. The SMILES string of the molecule is CCCNC(=O)C(C)N(Cc1ccccc1C)C(=O)COc1cccc(C)c1C. The molecule has 156 valence electrons. The molecule has 2 rings (SSSR count). The van der Waals surface area contributed by atoms with E-state index in [1.54, 1.807) is 11.8 Å². The minimum absolute atomic E-state index is 0.110. The van der Waals surface area contributed by atoms with Crippen LogP contribution in [0.2, 0.25) is 0 Å². The van der Waals surface area contributed by atoms with Gasteiger partial charge in [0.25, 0.3) is 5.91 Å². The highest BCUT2D eigenvalue weighted by molar-refractivity contribution is 5.88. The van der Waals surface area contributed by atoms with Crippen molar-refractivity contribution in [1.29, 1.82) is 0 Å². The predicted molar refractivity (Wildman–Crippen MR) is 116 cm³/mol. The summed E-state index contributed by atoms with van der Waals surface area (Å²) in [6.45, 7) is 10.6. The van der Waals surface area contributed by atoms with Gasteiger partial charge in [0.15, 0.2) is 6.61 Å². The number of rotatable bonds is 9. The predicted octanol–water partition coefficient (Wildman–Crippen LogP) is 3.93. The van der Waals surface area contributed by atoms with Crippen LogP contribution in [-0.4, -0.2) is 35.9 Å². The van der Waals surface area contributed by atoms with Gasteiger partial charge in [-0.2, -0.15) is 0 Å². The molecule has 0 fully saturated rings. The normalized spacial score (nSPS) is 11.6. The second kappa shape index (κ2) is 10.6. The van der Waals surface area contributed by atoms with E-state index in [1.165, 1.54) is 0 Å². The number of benzene rings is 2. The van der Waals surface area contributed by atoms with Gasteiger partial charge in [-0.3, -0.25) is 9.59 Å². The topological polar surface area (TPSA) is 58.6 Å². The third-order valence-corrected chi connectivity index (χ3v) is 5.22. The van der Waals surface area contributed by atoms with Crippen LogP contribution in [0, 0.1) is 20.8 Å². The highest BCUT2D eigenvalue weighted by Gasteiger charge is 2.26. The van der Waals surface area contributed by atoms with E-state index >= 15 is 0 Å². The Morgan fingerprint density at radius 1 is 1.03 bits per heavy atom. The first-order valence-electron chi connectivity index (χ1n) is 10.2. The summed E-state index contributed by atoms with van der Waals surface area (Å²) in [6, 6.07) is 13.1. The Labute approximate surface area is 174 Å². The third-order valence-electron chi connectivity index (χ3n) is 5.22. The number of aryl methyl sites for hydroxylation is 2. The Hall–Kier alpha value is -2.82. The van der Waals surface area contributed by atoms with Gasteiger partial charge in [-0.15, -0.1) is 0 Å². The quantitative estimate of drug-likeness (QED) is 0.699. The maximum atomic E-state index is 13.1. The second-order valence-electron chi connectivity index (χ2n) is 7.40. The van der Waals surface area contributed by atoms with Crippen LogP contribution >= 0.6 is 0 Å². The molecule has 0 aliphatic carbocycles. The second-order valence-corrected chi connectivity index (χ2v) is 7.40. The summed E-state index contributed by atoms with van der Waals surface area (Å²) in [4.78, 5) is 27.2. The van der Waals surface area contributed by atoms with Crippen LogP contribution in [0.1, 0.15) is 42.5 Å². The number of nitrogens with zero attached hydrogens (tertiary/aromatic N) is 1. The molecule has 0 heterocycles. The lowest BCUT2D eigenvalue weighted by Crippen LogP contribution is -2.49. The molecule has 1 unspecified atom stereocenters. The van der Waals surface area contributed by atoms with Crippen molar-refractivity contribution >= 4 is 11.8 Å². The first-order valence-corrected chi connectivity index (χ1v) is 10.2. The molecule has 0 saturated carbocycles. The van der Waals surface area contributed by atoms with Crippen molar-refractivity contribution in [3.8, 4) is 5.75 Å². The molecule has 5 heteroatoms. The Balaban J connectivity index is 2.18. The average Bonchev–Trinajstić information content (AvgIpc) is 2.71. The van der Waals surface area contributed by atoms with Crippen molar-refractivity contribution in [2.45, 2.75) is 53.6 Å². The Bertz CT molecular complexity index is 848. The van der Waals surface area contributed by atoms with Crippen LogP contribution in [0.25, 0.3) is 0 Å². The molecule has 2 amide bonds. The van der Waals surface area contributed by atoms with Gasteiger partial charge in [0.05, 0.1) is 0 Å². The first kappa shape index (κ1) is 22.5. The van der Waals surface area contributed by atoms with E-state index in [4.69, 9.17) is 4.74 Å². The van der Waals surface area contributed by atoms with Gasteiger partial charge in [0, 0.05) is 13.1 Å². The zero-order valence-corrected chi connectivity index (χ0v) is 18.1. The zero-order chi connectivity index (χ0) is 21.4. The smallest absolute Gasteiger partial charge is 0.261 e. The molecule has 29 heavy (non-hydrogen) atoms. The Morgan fingerprint density at radius 2 is 1.72 bits per heavy atom. The molecule has 0 aliphatic heterocycles. The molecule has 0 bridgehead atoms. The highest BCUT2D eigenvalue weighted by Crippen LogP contribution is 2.21. The van der Waals surface area contributed by atoms with Crippen molar-refractivity contribution in [2.24, 2.45) is 0 Å². The van der Waals surface area contributed by atoms with Gasteiger partial charge in [-0.25, -0.2) is 0 Å². The summed E-state index contributed by atoms with van der Waals surface area (Å²) in [6.07, 6.45) is 0.847. The van der Waals surface area contributed by atoms with Gasteiger partial charge < -0.3 is 15.0 Å². The summed E-state index contributed by atoms with van der Waals surface area (Å²) < 4.78 is 5.82. The molecule has 0 aliphatic rings. The fraction of sp³-hybridized carbons (Fsp3) is 0.417. The van der Waals surface area contributed by atoms with Crippen LogP contribution in [0.5, 0.6) is 5.75 Å². The van der Waals surface area contributed by atoms with E-state index in [-0.39, 0.29) is 18.4 Å². The Kier molecular flexibility index (Phi) is 8.25. The Morgan fingerprint density at radius 3 is 2.41 bits per heavy atom. The maximum absolute atomic E-state index is 13.1. The van der Waals surface area contributed by atoms with Crippen molar-refractivity contribution < 1.29 is 14.3 Å². The van der Waals surface area contributed by atoms with Crippen molar-refractivity contribution in [2.75, 3.05) is 13.2 Å². The molecular formula is C24H32N2O3. The molecule has 1 N–H and O–H groups in total. The highest BCUT2D eigenvalue weighted by atomic mass is 16.5. The number of hydrogen-bond donors (Lipinski definition) is 1. The average molecular weight is 397 g/mol. The first-order chi connectivity index (χ1) is 13.8. The number of ether oxygens (including phenoxy) is 1. The van der Waals surface area contributed by atoms with Crippen molar-refractivity contribution in [3.63, 3.8) is 0 Å². The van der Waals surface area contributed by atoms with Crippen LogP contribution in [0.15, 0.2) is 42.5 Å². The summed E-state index contributed by atoms with van der Waals surface area (Å²) in [5.74, 6) is 0.325. The lowest BCUT2D eigenvalue weighted by Gasteiger charge is -2.29. The largest absolute Gasteiger partial charge is 0.483 e. The zero-order valence-electron chi connectivity index (χ0n) is 18.1. The molecule has 0 saturated heterocycles.